The third-order valence-electron chi connectivity index (χ3n) is 7.28. The molecule has 4 aromatic rings. The van der Waals surface area contributed by atoms with Crippen LogP contribution in [-0.2, 0) is 15.1 Å². The number of carbonyl (C=O) groups is 2. The molecule has 176 valence electrons. The van der Waals surface area contributed by atoms with Crippen LogP contribution in [0.5, 0.6) is 0 Å². The third-order valence-corrected chi connectivity index (χ3v) is 7.28. The van der Waals surface area contributed by atoms with E-state index >= 15 is 0 Å². The van der Waals surface area contributed by atoms with Crippen molar-refractivity contribution in [2.75, 3.05) is 4.90 Å². The van der Waals surface area contributed by atoms with Crippen LogP contribution in [0.1, 0.15) is 31.7 Å². The molecule has 35 heavy (non-hydrogen) atoms. The first-order valence-corrected chi connectivity index (χ1v) is 11.9. The van der Waals surface area contributed by atoms with E-state index in [4.69, 9.17) is 0 Å². The molecular formula is C28H25FN4O2. The van der Waals surface area contributed by atoms with Crippen molar-refractivity contribution >= 4 is 28.4 Å². The minimum Gasteiger partial charge on any atom is -0.350 e. The summed E-state index contributed by atoms with van der Waals surface area (Å²) in [6.07, 6.45) is 3.80. The van der Waals surface area contributed by atoms with Gasteiger partial charge in [-0.1, -0.05) is 30.3 Å². The lowest BCUT2D eigenvalue weighted by molar-refractivity contribution is -0.123. The van der Waals surface area contributed by atoms with Gasteiger partial charge in [-0.25, -0.2) is 9.07 Å². The molecule has 1 saturated heterocycles. The average Bonchev–Trinajstić information content (AvgIpc) is 3.59. The minimum atomic E-state index is -0.747. The maximum Gasteiger partial charge on any atom is 0.230 e. The number of nitrogens with zero attached hydrogens (tertiary/aromatic N) is 3. The molecule has 2 atom stereocenters. The van der Waals surface area contributed by atoms with E-state index in [1.807, 2.05) is 60.4 Å². The topological polar surface area (TPSA) is 67.2 Å². The van der Waals surface area contributed by atoms with Crippen LogP contribution in [0.25, 0.3) is 16.6 Å². The van der Waals surface area contributed by atoms with Crippen molar-refractivity contribution in [2.45, 2.75) is 37.8 Å². The zero-order chi connectivity index (χ0) is 24.2. The molecule has 6 nitrogen and oxygen atoms in total. The Morgan fingerprint density at radius 1 is 1.03 bits per heavy atom. The van der Waals surface area contributed by atoms with Gasteiger partial charge < -0.3 is 10.2 Å². The summed E-state index contributed by atoms with van der Waals surface area (Å²) in [6.45, 7) is 2.03. The van der Waals surface area contributed by atoms with Crippen LogP contribution in [0.4, 0.5) is 10.1 Å². The number of hydrogen-bond donors (Lipinski definition) is 1. The van der Waals surface area contributed by atoms with Crippen LogP contribution in [0.3, 0.4) is 0 Å². The Hall–Kier alpha value is -4.00. The van der Waals surface area contributed by atoms with Crippen molar-refractivity contribution in [2.24, 2.45) is 5.92 Å². The summed E-state index contributed by atoms with van der Waals surface area (Å²) in [5.41, 5.74) is 2.57. The quantitative estimate of drug-likeness (QED) is 0.461. The predicted molar refractivity (Wildman–Crippen MR) is 132 cm³/mol. The van der Waals surface area contributed by atoms with Crippen molar-refractivity contribution in [1.82, 2.24) is 15.1 Å². The minimum absolute atomic E-state index is 0.0304. The molecule has 0 unspecified atom stereocenters. The van der Waals surface area contributed by atoms with Gasteiger partial charge in [-0.15, -0.1) is 0 Å². The Morgan fingerprint density at radius 2 is 1.74 bits per heavy atom. The molecule has 2 aliphatic rings. The number of rotatable bonds is 5. The maximum atomic E-state index is 13.5. The van der Waals surface area contributed by atoms with Gasteiger partial charge in [-0.3, -0.25) is 9.59 Å². The second-order valence-corrected chi connectivity index (χ2v) is 9.56. The fraction of sp³-hybridized carbons (Fsp3) is 0.250. The molecule has 2 amide bonds. The second-order valence-electron chi connectivity index (χ2n) is 9.56. The largest absolute Gasteiger partial charge is 0.350 e. The van der Waals surface area contributed by atoms with Gasteiger partial charge in [0.2, 0.25) is 11.8 Å². The standard InChI is InChI=1S/C28H25FN4O2/c1-28(20-5-3-2-4-6-20)25(31-27(35)18-7-8-18)16-26(34)32(28)23-13-14-24-19(15-23)17-30-33(24)22-11-9-21(29)10-12-22/h2-6,9-15,17-18,25H,7-8,16H2,1H3,(H,31,35)/t25-,28+/m1/s1. The smallest absolute Gasteiger partial charge is 0.230 e. The molecule has 2 fully saturated rings. The molecule has 1 aliphatic heterocycles. The van der Waals surface area contributed by atoms with Crippen LogP contribution in [0.15, 0.2) is 79.0 Å². The molecule has 6 rings (SSSR count). The highest BCUT2D eigenvalue weighted by molar-refractivity contribution is 6.01. The van der Waals surface area contributed by atoms with Crippen LogP contribution in [-0.4, -0.2) is 27.6 Å². The SMILES string of the molecule is C[C@]1(c2ccccc2)[C@H](NC(=O)C2CC2)CC(=O)N1c1ccc2c(cnn2-c2ccc(F)cc2)c1. The van der Waals surface area contributed by atoms with Crippen molar-refractivity contribution < 1.29 is 14.0 Å². The molecule has 0 bridgehead atoms. The van der Waals surface area contributed by atoms with Gasteiger partial charge in [0.05, 0.1) is 35.4 Å². The molecule has 0 spiro atoms. The molecule has 7 heteroatoms. The maximum absolute atomic E-state index is 13.5. The molecule has 1 saturated carbocycles. The molecular weight excluding hydrogens is 443 g/mol. The number of hydrogen-bond acceptors (Lipinski definition) is 3. The van der Waals surface area contributed by atoms with E-state index in [0.717, 1.165) is 40.7 Å². The Labute approximate surface area is 202 Å². The fourth-order valence-corrected chi connectivity index (χ4v) is 5.17. The van der Waals surface area contributed by atoms with E-state index in [1.165, 1.54) is 12.1 Å². The number of fused-ring (bicyclic) bond motifs is 1. The van der Waals surface area contributed by atoms with E-state index < -0.39 is 5.54 Å². The monoisotopic (exact) mass is 468 g/mol. The first kappa shape index (κ1) is 21.5. The van der Waals surface area contributed by atoms with E-state index in [1.54, 1.807) is 23.0 Å². The van der Waals surface area contributed by atoms with Gasteiger partial charge in [0.25, 0.3) is 0 Å². The fourth-order valence-electron chi connectivity index (χ4n) is 5.17. The molecule has 2 heterocycles. The van der Waals surface area contributed by atoms with Crippen molar-refractivity contribution in [3.63, 3.8) is 0 Å². The van der Waals surface area contributed by atoms with Crippen LogP contribution >= 0.6 is 0 Å². The lowest BCUT2D eigenvalue weighted by atomic mass is 9.84. The van der Waals surface area contributed by atoms with Crippen LogP contribution < -0.4 is 10.2 Å². The van der Waals surface area contributed by atoms with Gasteiger partial charge in [-0.05, 0) is 67.8 Å². The Kier molecular flexibility index (Phi) is 4.95. The van der Waals surface area contributed by atoms with Gasteiger partial charge in [0.15, 0.2) is 0 Å². The normalized spacial score (nSPS) is 22.1. The zero-order valence-corrected chi connectivity index (χ0v) is 19.3. The van der Waals surface area contributed by atoms with Crippen LogP contribution in [0, 0.1) is 11.7 Å². The number of halogens is 1. The summed E-state index contributed by atoms with van der Waals surface area (Å²) in [6, 6.07) is 21.5. The summed E-state index contributed by atoms with van der Waals surface area (Å²) >= 11 is 0. The number of anilines is 1. The van der Waals surface area contributed by atoms with Gasteiger partial charge in [0.1, 0.15) is 5.82 Å². The third kappa shape index (κ3) is 3.58. The summed E-state index contributed by atoms with van der Waals surface area (Å²) < 4.78 is 15.1. The van der Waals surface area contributed by atoms with Crippen molar-refractivity contribution in [3.05, 3.63) is 90.4 Å². The van der Waals surface area contributed by atoms with Crippen molar-refractivity contribution in [1.29, 1.82) is 0 Å². The number of amides is 2. The Morgan fingerprint density at radius 3 is 2.46 bits per heavy atom. The van der Waals surface area contributed by atoms with E-state index in [9.17, 15) is 14.0 Å². The lowest BCUT2D eigenvalue weighted by Gasteiger charge is -2.40. The lowest BCUT2D eigenvalue weighted by Crippen LogP contribution is -2.53. The highest BCUT2D eigenvalue weighted by atomic mass is 19.1. The number of carbonyl (C=O) groups excluding carboxylic acids is 2. The second kappa shape index (κ2) is 8.05. The van der Waals surface area contributed by atoms with E-state index in [2.05, 4.69) is 10.4 Å². The molecule has 1 aliphatic carbocycles. The first-order chi connectivity index (χ1) is 16.9. The van der Waals surface area contributed by atoms with E-state index in [-0.39, 0.29) is 36.0 Å². The highest BCUT2D eigenvalue weighted by Gasteiger charge is 2.52. The average molecular weight is 469 g/mol. The highest BCUT2D eigenvalue weighted by Crippen LogP contribution is 2.44. The zero-order valence-electron chi connectivity index (χ0n) is 19.3. The summed E-state index contributed by atoms with van der Waals surface area (Å²) in [7, 11) is 0. The molecule has 0 radical (unpaired) electrons. The summed E-state index contributed by atoms with van der Waals surface area (Å²) in [5.74, 6) is -0.248. The van der Waals surface area contributed by atoms with Gasteiger partial charge in [-0.2, -0.15) is 5.10 Å². The predicted octanol–water partition coefficient (Wildman–Crippen LogP) is 4.71. The molecule has 3 aromatic carbocycles. The summed E-state index contributed by atoms with van der Waals surface area (Å²) in [4.78, 5) is 28.0. The van der Waals surface area contributed by atoms with Gasteiger partial charge in [0, 0.05) is 17.0 Å². The molecule has 1 aromatic heterocycles. The Balaban J connectivity index is 1.42. The van der Waals surface area contributed by atoms with E-state index in [0.29, 0.717) is 0 Å². The van der Waals surface area contributed by atoms with Crippen LogP contribution in [0.2, 0.25) is 0 Å². The molecule has 1 N–H and O–H groups in total. The number of aromatic nitrogens is 2. The number of nitrogens with one attached hydrogen (secondary N) is 1. The summed E-state index contributed by atoms with van der Waals surface area (Å²) in [5, 5.41) is 8.53. The first-order valence-electron chi connectivity index (χ1n) is 11.9. The van der Waals surface area contributed by atoms with Gasteiger partial charge >= 0.3 is 0 Å². The van der Waals surface area contributed by atoms with Crippen molar-refractivity contribution in [3.8, 4) is 5.69 Å². The number of benzene rings is 3. The Bertz CT molecular complexity index is 1430.